The van der Waals surface area contributed by atoms with Crippen molar-refractivity contribution in [2.24, 2.45) is 23.7 Å². The van der Waals surface area contributed by atoms with Gasteiger partial charge < -0.3 is 18.9 Å². The van der Waals surface area contributed by atoms with Crippen LogP contribution < -0.4 is 9.47 Å². The zero-order chi connectivity index (χ0) is 32.5. The first-order valence-corrected chi connectivity index (χ1v) is 17.9. The van der Waals surface area contributed by atoms with Crippen LogP contribution in [0.5, 0.6) is 11.5 Å². The smallest absolute Gasteiger partial charge is 0.127 e. The number of benzene rings is 4. The average molecular weight is 639 g/mol. The minimum absolute atomic E-state index is 0.235. The van der Waals surface area contributed by atoms with Crippen molar-refractivity contribution < 1.29 is 18.9 Å². The lowest BCUT2D eigenvalue weighted by Gasteiger charge is -2.37. The maximum absolute atomic E-state index is 6.23. The van der Waals surface area contributed by atoms with E-state index in [1.54, 1.807) is 0 Å². The first-order chi connectivity index (χ1) is 23.6. The van der Waals surface area contributed by atoms with Gasteiger partial charge in [-0.3, -0.25) is 0 Å². The zero-order valence-corrected chi connectivity index (χ0v) is 28.1. The van der Waals surface area contributed by atoms with Crippen molar-refractivity contribution in [3.8, 4) is 33.8 Å². The molecule has 4 aliphatic rings. The second kappa shape index (κ2) is 13.8. The van der Waals surface area contributed by atoms with Crippen molar-refractivity contribution in [3.63, 3.8) is 0 Å². The van der Waals surface area contributed by atoms with Gasteiger partial charge in [0.25, 0.3) is 0 Å². The van der Waals surface area contributed by atoms with Crippen LogP contribution in [-0.2, 0) is 9.47 Å². The Labute approximate surface area is 285 Å². The normalized spacial score (nSPS) is 26.3. The fraction of sp³-hybridized carbons (Fsp3) is 0.364. The van der Waals surface area contributed by atoms with E-state index in [4.69, 9.17) is 18.9 Å². The summed E-state index contributed by atoms with van der Waals surface area (Å²) in [6.07, 6.45) is 10.3. The van der Waals surface area contributed by atoms with E-state index in [1.165, 1.54) is 46.2 Å². The molecule has 2 aliphatic heterocycles. The molecule has 48 heavy (non-hydrogen) atoms. The summed E-state index contributed by atoms with van der Waals surface area (Å²) in [5.74, 6) is 4.32. The van der Waals surface area contributed by atoms with Crippen LogP contribution in [0.25, 0.3) is 33.4 Å². The highest BCUT2D eigenvalue weighted by molar-refractivity contribution is 5.79. The Morgan fingerprint density at radius 2 is 0.958 bits per heavy atom. The Morgan fingerprint density at radius 3 is 1.33 bits per heavy atom. The monoisotopic (exact) mass is 638 g/mol. The van der Waals surface area contributed by atoms with E-state index >= 15 is 0 Å². The molecule has 0 saturated carbocycles. The zero-order valence-electron chi connectivity index (χ0n) is 28.1. The van der Waals surface area contributed by atoms with Gasteiger partial charge >= 0.3 is 0 Å². The summed E-state index contributed by atoms with van der Waals surface area (Å²) in [5, 5.41) is 0. The van der Waals surface area contributed by atoms with Gasteiger partial charge in [0.15, 0.2) is 0 Å². The molecule has 0 bridgehead atoms. The summed E-state index contributed by atoms with van der Waals surface area (Å²) in [4.78, 5) is 0. The van der Waals surface area contributed by atoms with Gasteiger partial charge in [-0.15, -0.1) is 0 Å². The number of hydrogen-bond donors (Lipinski definition) is 0. The first-order valence-electron chi connectivity index (χ1n) is 17.9. The molecule has 0 amide bonds. The molecular formula is C44H46O4. The topological polar surface area (TPSA) is 43.5 Å². The van der Waals surface area contributed by atoms with Gasteiger partial charge in [0, 0.05) is 11.1 Å². The molecule has 0 N–H and O–H groups in total. The maximum atomic E-state index is 6.23. The molecule has 4 heteroatoms. The molecule has 246 valence electrons. The van der Waals surface area contributed by atoms with Gasteiger partial charge in [0.1, 0.15) is 36.9 Å². The quantitative estimate of drug-likeness (QED) is 0.153. The van der Waals surface area contributed by atoms with Crippen LogP contribution >= 0.6 is 0 Å². The van der Waals surface area contributed by atoms with Crippen LogP contribution in [0.4, 0.5) is 0 Å². The van der Waals surface area contributed by atoms with Gasteiger partial charge in [-0.05, 0) is 107 Å². The van der Waals surface area contributed by atoms with Gasteiger partial charge in [0.2, 0.25) is 0 Å². The van der Waals surface area contributed by atoms with Gasteiger partial charge in [-0.2, -0.15) is 0 Å². The highest BCUT2D eigenvalue weighted by atomic mass is 16.6. The van der Waals surface area contributed by atoms with Crippen LogP contribution in [0.2, 0.25) is 0 Å². The standard InChI is InChI=1S/C44H46O4/c1-29-21-33(13-17-39(29)35-15-19-43(47-27-37-25-45-37)41(23-35)31-9-5-3-6-10-31)34-14-18-40(30(2)22-34)36-16-20-44(48-28-38-26-46-38)42(24-36)32-11-7-4-8-12-32/h3-12,15-20,23-24,29-30,33-34,37-38H,13-14,21-22,25-28H2,1-2H3. The van der Waals surface area contributed by atoms with Crippen LogP contribution in [0.1, 0.15) is 50.7 Å². The van der Waals surface area contributed by atoms with Gasteiger partial charge in [0.05, 0.1) is 13.2 Å². The van der Waals surface area contributed by atoms with E-state index in [9.17, 15) is 0 Å². The summed E-state index contributed by atoms with van der Waals surface area (Å²) in [6, 6.07) is 34.8. The van der Waals surface area contributed by atoms with Crippen LogP contribution in [0, 0.1) is 23.7 Å². The van der Waals surface area contributed by atoms with E-state index in [1.807, 2.05) is 0 Å². The number of epoxide rings is 2. The molecule has 0 spiro atoms. The Hall–Kier alpha value is -4.12. The largest absolute Gasteiger partial charge is 0.490 e. The molecule has 4 aromatic carbocycles. The third-order valence-corrected chi connectivity index (χ3v) is 10.8. The van der Waals surface area contributed by atoms with E-state index in [0.717, 1.165) is 48.7 Å². The number of ether oxygens (including phenoxy) is 4. The van der Waals surface area contributed by atoms with E-state index in [2.05, 4.69) is 123 Å². The lowest BCUT2D eigenvalue weighted by atomic mass is 9.68. The summed E-state index contributed by atoms with van der Waals surface area (Å²) in [7, 11) is 0. The lowest BCUT2D eigenvalue weighted by Crippen LogP contribution is -2.25. The summed E-state index contributed by atoms with van der Waals surface area (Å²) in [5.41, 5.74) is 10.3. The Morgan fingerprint density at radius 1 is 0.542 bits per heavy atom. The molecule has 4 nitrogen and oxygen atoms in total. The molecule has 4 aromatic rings. The van der Waals surface area contributed by atoms with Crippen LogP contribution in [-0.4, -0.2) is 38.6 Å². The van der Waals surface area contributed by atoms with Crippen molar-refractivity contribution in [2.75, 3.05) is 26.4 Å². The van der Waals surface area contributed by atoms with Crippen molar-refractivity contribution in [1.29, 1.82) is 0 Å². The summed E-state index contributed by atoms with van der Waals surface area (Å²) in [6.45, 7) is 7.67. The molecule has 0 radical (unpaired) electrons. The fourth-order valence-corrected chi connectivity index (χ4v) is 7.94. The molecule has 6 atom stereocenters. The highest BCUT2D eigenvalue weighted by Crippen LogP contribution is 2.47. The molecule has 2 aliphatic carbocycles. The predicted octanol–water partition coefficient (Wildman–Crippen LogP) is 10.1. The molecule has 2 heterocycles. The summed E-state index contributed by atoms with van der Waals surface area (Å²) < 4.78 is 23.3. The number of rotatable bonds is 11. The Bertz CT molecular complexity index is 1650. The lowest BCUT2D eigenvalue weighted by molar-refractivity contribution is 0.250. The second-order valence-electron chi connectivity index (χ2n) is 14.3. The van der Waals surface area contributed by atoms with Crippen molar-refractivity contribution in [3.05, 3.63) is 120 Å². The molecule has 0 aromatic heterocycles. The molecule has 2 fully saturated rings. The van der Waals surface area contributed by atoms with Gasteiger partial charge in [-0.25, -0.2) is 0 Å². The third kappa shape index (κ3) is 7.02. The molecule has 8 rings (SSSR count). The summed E-state index contributed by atoms with van der Waals surface area (Å²) >= 11 is 0. The van der Waals surface area contributed by atoms with Crippen LogP contribution in [0.15, 0.2) is 109 Å². The van der Waals surface area contributed by atoms with Crippen LogP contribution in [0.3, 0.4) is 0 Å². The van der Waals surface area contributed by atoms with Gasteiger partial charge in [-0.1, -0.05) is 98.8 Å². The third-order valence-electron chi connectivity index (χ3n) is 10.8. The maximum Gasteiger partial charge on any atom is 0.127 e. The van der Waals surface area contributed by atoms with E-state index < -0.39 is 0 Å². The molecular weight excluding hydrogens is 592 g/mol. The minimum atomic E-state index is 0.235. The Kier molecular flexibility index (Phi) is 8.95. The van der Waals surface area contributed by atoms with Crippen molar-refractivity contribution in [1.82, 2.24) is 0 Å². The fourth-order valence-electron chi connectivity index (χ4n) is 7.94. The Balaban J connectivity index is 0.986. The molecule has 2 saturated heterocycles. The predicted molar refractivity (Wildman–Crippen MR) is 194 cm³/mol. The van der Waals surface area contributed by atoms with Crippen molar-refractivity contribution >= 4 is 11.1 Å². The second-order valence-corrected chi connectivity index (χ2v) is 14.3. The van der Waals surface area contributed by atoms with Crippen molar-refractivity contribution in [2.45, 2.75) is 51.7 Å². The average Bonchev–Trinajstić information content (AvgIpc) is 4.07. The first kappa shape index (κ1) is 31.2. The minimum Gasteiger partial charge on any atom is -0.490 e. The number of allylic oxidation sites excluding steroid dienone is 4. The highest BCUT2D eigenvalue weighted by Gasteiger charge is 2.32. The number of hydrogen-bond acceptors (Lipinski definition) is 4. The van der Waals surface area contributed by atoms with E-state index in [-0.39, 0.29) is 12.2 Å². The SMILES string of the molecule is CC1CC(C2CC=C(c3ccc(OCC4CO4)c(-c4ccccc4)c3)C(C)C2)CC=C1c1ccc(OCC2CO2)c(-c2ccccc2)c1. The molecule has 6 unspecified atom stereocenters. The van der Waals surface area contributed by atoms with E-state index in [0.29, 0.717) is 36.9 Å².